The van der Waals surface area contributed by atoms with Gasteiger partial charge in [0.1, 0.15) is 18.9 Å². The van der Waals surface area contributed by atoms with Gasteiger partial charge >= 0.3 is 11.9 Å². The van der Waals surface area contributed by atoms with E-state index >= 15 is 0 Å². The van der Waals surface area contributed by atoms with Crippen LogP contribution in [0.25, 0.3) is 6.08 Å². The molecule has 2 aromatic rings. The number of pyridine rings is 1. The zero-order valence-corrected chi connectivity index (χ0v) is 13.9. The van der Waals surface area contributed by atoms with Gasteiger partial charge < -0.3 is 14.2 Å². The molecular formula is C19H19NO5. The van der Waals surface area contributed by atoms with Crippen molar-refractivity contribution in [3.05, 3.63) is 71.6 Å². The first kappa shape index (κ1) is 18.4. The Morgan fingerprint density at radius 2 is 1.80 bits per heavy atom. The summed E-state index contributed by atoms with van der Waals surface area (Å²) in [5.41, 5.74) is 1.41. The molecular weight excluding hydrogens is 322 g/mol. The lowest BCUT2D eigenvalue weighted by atomic mass is 10.2. The molecule has 0 spiro atoms. The van der Waals surface area contributed by atoms with Crippen molar-refractivity contribution in [2.45, 2.75) is 0 Å². The smallest absolute Gasteiger partial charge is 0.357 e. The highest BCUT2D eigenvalue weighted by atomic mass is 16.6. The van der Waals surface area contributed by atoms with Crippen molar-refractivity contribution in [3.63, 3.8) is 0 Å². The molecule has 1 heterocycles. The molecule has 0 saturated heterocycles. The third kappa shape index (κ3) is 6.19. The fourth-order valence-electron chi connectivity index (χ4n) is 1.88. The van der Waals surface area contributed by atoms with Crippen molar-refractivity contribution in [1.82, 2.24) is 4.98 Å². The Morgan fingerprint density at radius 1 is 1.00 bits per heavy atom. The molecule has 0 aliphatic carbocycles. The number of methoxy groups -OCH3 is 1. The Hall–Kier alpha value is -2.99. The van der Waals surface area contributed by atoms with Gasteiger partial charge in [-0.3, -0.25) is 0 Å². The van der Waals surface area contributed by atoms with Crippen molar-refractivity contribution in [2.75, 3.05) is 26.9 Å². The van der Waals surface area contributed by atoms with E-state index in [-0.39, 0.29) is 24.5 Å². The summed E-state index contributed by atoms with van der Waals surface area (Å²) in [4.78, 5) is 27.5. The van der Waals surface area contributed by atoms with Gasteiger partial charge in [0.2, 0.25) is 0 Å². The Morgan fingerprint density at radius 3 is 2.48 bits per heavy atom. The number of carbonyl (C=O) groups is 2. The van der Waals surface area contributed by atoms with E-state index in [1.807, 2.05) is 36.4 Å². The molecule has 1 aromatic carbocycles. The van der Waals surface area contributed by atoms with Crippen molar-refractivity contribution < 1.29 is 23.8 Å². The molecule has 0 saturated carbocycles. The lowest BCUT2D eigenvalue weighted by Gasteiger charge is -2.05. The second-order valence-corrected chi connectivity index (χ2v) is 4.97. The van der Waals surface area contributed by atoms with E-state index in [4.69, 9.17) is 14.2 Å². The van der Waals surface area contributed by atoms with Gasteiger partial charge in [-0.15, -0.1) is 0 Å². The third-order valence-electron chi connectivity index (χ3n) is 3.15. The predicted molar refractivity (Wildman–Crippen MR) is 92.2 cm³/mol. The molecule has 6 heteroatoms. The van der Waals surface area contributed by atoms with Crippen LogP contribution in [0.2, 0.25) is 0 Å². The van der Waals surface area contributed by atoms with Crippen molar-refractivity contribution in [2.24, 2.45) is 0 Å². The zero-order chi connectivity index (χ0) is 17.9. The normalized spacial score (nSPS) is 10.6. The maximum atomic E-state index is 11.9. The number of aromatic nitrogens is 1. The number of rotatable bonds is 8. The lowest BCUT2D eigenvalue weighted by Crippen LogP contribution is -2.12. The van der Waals surface area contributed by atoms with Crippen molar-refractivity contribution >= 4 is 18.0 Å². The second kappa shape index (κ2) is 10.00. The van der Waals surface area contributed by atoms with Crippen LogP contribution in [0.5, 0.6) is 0 Å². The van der Waals surface area contributed by atoms with Gasteiger partial charge in [-0.05, 0) is 23.8 Å². The van der Waals surface area contributed by atoms with Crippen LogP contribution in [0.1, 0.15) is 26.4 Å². The maximum Gasteiger partial charge on any atom is 0.357 e. The summed E-state index contributed by atoms with van der Waals surface area (Å²) in [6, 6.07) is 12.6. The lowest BCUT2D eigenvalue weighted by molar-refractivity contribution is 0.0386. The first-order chi connectivity index (χ1) is 12.2. The number of ether oxygens (including phenoxy) is 3. The van der Waals surface area contributed by atoms with Gasteiger partial charge in [-0.1, -0.05) is 36.4 Å². The number of carbonyl (C=O) groups excluding carboxylic acids is 2. The van der Waals surface area contributed by atoms with Gasteiger partial charge in [0, 0.05) is 13.3 Å². The molecule has 0 fully saturated rings. The predicted octanol–water partition coefficient (Wildman–Crippen LogP) is 2.76. The molecule has 130 valence electrons. The SMILES string of the molecule is COCCOC(=O)c1ccc(C(=O)OCC=Cc2ccccc2)nc1. The summed E-state index contributed by atoms with van der Waals surface area (Å²) in [5, 5.41) is 0. The minimum Gasteiger partial charge on any atom is -0.460 e. The van der Waals surface area contributed by atoms with Gasteiger partial charge in [0.05, 0.1) is 12.2 Å². The fraction of sp³-hybridized carbons (Fsp3) is 0.211. The highest BCUT2D eigenvalue weighted by Gasteiger charge is 2.11. The maximum absolute atomic E-state index is 11.9. The van der Waals surface area contributed by atoms with Gasteiger partial charge in [-0.25, -0.2) is 14.6 Å². The molecule has 0 amide bonds. The molecule has 0 bridgehead atoms. The average molecular weight is 341 g/mol. The summed E-state index contributed by atoms with van der Waals surface area (Å²) in [6.45, 7) is 0.614. The number of hydrogen-bond acceptors (Lipinski definition) is 6. The van der Waals surface area contributed by atoms with Crippen LogP contribution >= 0.6 is 0 Å². The number of esters is 2. The van der Waals surface area contributed by atoms with Crippen LogP contribution in [-0.2, 0) is 14.2 Å². The van der Waals surface area contributed by atoms with E-state index in [2.05, 4.69) is 4.98 Å². The number of nitrogens with zero attached hydrogens (tertiary/aromatic N) is 1. The average Bonchev–Trinajstić information content (AvgIpc) is 2.66. The molecule has 0 aliphatic rings. The summed E-state index contributed by atoms with van der Waals surface area (Å²) in [6.07, 6.45) is 4.89. The minimum atomic E-state index is -0.558. The Balaban J connectivity index is 1.81. The largest absolute Gasteiger partial charge is 0.460 e. The fourth-order valence-corrected chi connectivity index (χ4v) is 1.88. The van der Waals surface area contributed by atoms with E-state index in [1.54, 1.807) is 6.08 Å². The summed E-state index contributed by atoms with van der Waals surface area (Å²) in [5.74, 6) is -1.08. The number of benzene rings is 1. The Bertz CT molecular complexity index is 710. The van der Waals surface area contributed by atoms with E-state index in [1.165, 1.54) is 25.4 Å². The topological polar surface area (TPSA) is 74.7 Å². The van der Waals surface area contributed by atoms with E-state index in [9.17, 15) is 9.59 Å². The molecule has 0 N–H and O–H groups in total. The van der Waals surface area contributed by atoms with Crippen LogP contribution in [-0.4, -0.2) is 43.9 Å². The van der Waals surface area contributed by atoms with E-state index in [0.29, 0.717) is 6.61 Å². The second-order valence-electron chi connectivity index (χ2n) is 4.97. The van der Waals surface area contributed by atoms with Crippen molar-refractivity contribution in [1.29, 1.82) is 0 Å². The van der Waals surface area contributed by atoms with Gasteiger partial charge in [-0.2, -0.15) is 0 Å². The van der Waals surface area contributed by atoms with Gasteiger partial charge in [0.25, 0.3) is 0 Å². The van der Waals surface area contributed by atoms with Crippen LogP contribution in [0.15, 0.2) is 54.7 Å². The van der Waals surface area contributed by atoms with E-state index < -0.39 is 11.9 Å². The molecule has 0 atom stereocenters. The highest BCUT2D eigenvalue weighted by molar-refractivity contribution is 5.91. The molecule has 25 heavy (non-hydrogen) atoms. The Kier molecular flexibility index (Phi) is 7.34. The standard InChI is InChI=1S/C19H19NO5/c1-23-12-13-25-18(21)16-9-10-17(20-14-16)19(22)24-11-5-8-15-6-3-2-4-7-15/h2-10,14H,11-13H2,1H3. The summed E-state index contributed by atoms with van der Waals surface area (Å²) < 4.78 is 14.9. The summed E-state index contributed by atoms with van der Waals surface area (Å²) >= 11 is 0. The molecule has 1 aromatic heterocycles. The highest BCUT2D eigenvalue weighted by Crippen LogP contribution is 2.05. The van der Waals surface area contributed by atoms with Gasteiger partial charge in [0.15, 0.2) is 0 Å². The van der Waals surface area contributed by atoms with Crippen LogP contribution in [0, 0.1) is 0 Å². The molecule has 0 radical (unpaired) electrons. The Labute approximate surface area is 146 Å². The zero-order valence-electron chi connectivity index (χ0n) is 13.9. The van der Waals surface area contributed by atoms with Crippen LogP contribution in [0.4, 0.5) is 0 Å². The quantitative estimate of drug-likeness (QED) is 0.543. The monoisotopic (exact) mass is 341 g/mol. The molecule has 0 unspecified atom stereocenters. The van der Waals surface area contributed by atoms with Crippen LogP contribution in [0.3, 0.4) is 0 Å². The van der Waals surface area contributed by atoms with E-state index in [0.717, 1.165) is 5.56 Å². The number of hydrogen-bond donors (Lipinski definition) is 0. The third-order valence-corrected chi connectivity index (χ3v) is 3.15. The summed E-state index contributed by atoms with van der Waals surface area (Å²) in [7, 11) is 1.52. The van der Waals surface area contributed by atoms with Crippen molar-refractivity contribution in [3.8, 4) is 0 Å². The molecule has 0 aliphatic heterocycles. The minimum absolute atomic E-state index is 0.126. The molecule has 2 rings (SSSR count). The van der Waals surface area contributed by atoms with Crippen LogP contribution < -0.4 is 0 Å². The molecule has 6 nitrogen and oxygen atoms in total. The first-order valence-electron chi connectivity index (χ1n) is 7.71. The first-order valence-corrected chi connectivity index (χ1v) is 7.71.